The van der Waals surface area contributed by atoms with Crippen LogP contribution >= 0.6 is 24.0 Å². The Morgan fingerprint density at radius 3 is 2.70 bits per heavy atom. The second kappa shape index (κ2) is 7.70. The maximum absolute atomic E-state index is 10.1. The SMILES string of the molecule is Cl.N#Cc1cc([C@@H](O)CNC2CCCC2)cc(Cl)c1N. The minimum atomic E-state index is -0.675. The van der Waals surface area contributed by atoms with Crippen molar-refractivity contribution < 1.29 is 5.11 Å². The number of nitriles is 1. The lowest BCUT2D eigenvalue weighted by molar-refractivity contribution is 0.170. The molecule has 1 aromatic carbocycles. The summed E-state index contributed by atoms with van der Waals surface area (Å²) in [5, 5.41) is 22.8. The number of nitrogens with two attached hydrogens (primary N) is 1. The molecule has 0 heterocycles. The molecule has 0 radical (unpaired) electrons. The van der Waals surface area contributed by atoms with E-state index < -0.39 is 6.10 Å². The summed E-state index contributed by atoms with van der Waals surface area (Å²) >= 11 is 5.96. The van der Waals surface area contributed by atoms with Crippen LogP contribution in [0.25, 0.3) is 0 Å². The molecular weight excluding hydrogens is 297 g/mol. The molecule has 1 fully saturated rings. The van der Waals surface area contributed by atoms with E-state index in [1.54, 1.807) is 12.1 Å². The molecule has 0 unspecified atom stereocenters. The van der Waals surface area contributed by atoms with Crippen LogP contribution in [-0.2, 0) is 0 Å². The first-order chi connectivity index (χ1) is 9.11. The van der Waals surface area contributed by atoms with Crippen LogP contribution in [0.1, 0.15) is 42.9 Å². The standard InChI is InChI=1S/C14H18ClN3O.ClH/c15-12-6-9(5-10(7-16)14(12)17)13(19)8-18-11-3-1-2-4-11;/h5-6,11,13,18-19H,1-4,8,17H2;1H/t13-;/m0./s1. The Morgan fingerprint density at radius 1 is 1.45 bits per heavy atom. The summed E-state index contributed by atoms with van der Waals surface area (Å²) in [4.78, 5) is 0. The Morgan fingerprint density at radius 2 is 2.10 bits per heavy atom. The number of benzene rings is 1. The van der Waals surface area contributed by atoms with Crippen LogP contribution in [-0.4, -0.2) is 17.7 Å². The Kier molecular flexibility index (Phi) is 6.57. The van der Waals surface area contributed by atoms with Gasteiger partial charge in [-0.2, -0.15) is 5.26 Å². The van der Waals surface area contributed by atoms with Gasteiger partial charge in [0.05, 0.1) is 22.4 Å². The first kappa shape index (κ1) is 17.1. The monoisotopic (exact) mass is 315 g/mol. The summed E-state index contributed by atoms with van der Waals surface area (Å²) in [6.07, 6.45) is 4.16. The van der Waals surface area contributed by atoms with Gasteiger partial charge < -0.3 is 16.2 Å². The van der Waals surface area contributed by atoms with E-state index in [0.29, 0.717) is 28.7 Å². The van der Waals surface area contributed by atoms with Gasteiger partial charge in [0.1, 0.15) is 6.07 Å². The molecule has 0 saturated heterocycles. The maximum atomic E-state index is 10.1. The summed E-state index contributed by atoms with van der Waals surface area (Å²) in [7, 11) is 0. The lowest BCUT2D eigenvalue weighted by Crippen LogP contribution is -2.30. The zero-order valence-corrected chi connectivity index (χ0v) is 12.7. The zero-order chi connectivity index (χ0) is 13.8. The minimum absolute atomic E-state index is 0. The Balaban J connectivity index is 0.00000200. The van der Waals surface area contributed by atoms with Crippen LogP contribution in [0.4, 0.5) is 5.69 Å². The van der Waals surface area contributed by atoms with Crippen molar-refractivity contribution in [1.29, 1.82) is 5.26 Å². The smallest absolute Gasteiger partial charge is 0.101 e. The van der Waals surface area contributed by atoms with Crippen LogP contribution in [0.3, 0.4) is 0 Å². The van der Waals surface area contributed by atoms with Gasteiger partial charge in [0, 0.05) is 12.6 Å². The van der Waals surface area contributed by atoms with E-state index in [1.807, 2.05) is 6.07 Å². The summed E-state index contributed by atoms with van der Waals surface area (Å²) in [6.45, 7) is 0.468. The van der Waals surface area contributed by atoms with Gasteiger partial charge in [-0.05, 0) is 30.5 Å². The van der Waals surface area contributed by atoms with Gasteiger partial charge in [-0.15, -0.1) is 12.4 Å². The number of aliphatic hydroxyl groups is 1. The number of halogens is 2. The third-order valence-electron chi connectivity index (χ3n) is 3.61. The van der Waals surface area contributed by atoms with Crippen LogP contribution in [0.2, 0.25) is 5.02 Å². The molecule has 4 N–H and O–H groups in total. The number of nitrogen functional groups attached to an aromatic ring is 1. The molecule has 2 rings (SSSR count). The normalized spacial score (nSPS) is 16.4. The van der Waals surface area contributed by atoms with Crippen molar-refractivity contribution in [3.8, 4) is 6.07 Å². The molecular formula is C14H19Cl2N3O. The highest BCUT2D eigenvalue weighted by molar-refractivity contribution is 6.33. The number of aliphatic hydroxyl groups excluding tert-OH is 1. The molecule has 1 aliphatic rings. The molecule has 110 valence electrons. The van der Waals surface area contributed by atoms with Gasteiger partial charge in [-0.3, -0.25) is 0 Å². The van der Waals surface area contributed by atoms with Crippen molar-refractivity contribution >= 4 is 29.7 Å². The molecule has 0 amide bonds. The average molecular weight is 316 g/mol. The van der Waals surface area contributed by atoms with Crippen molar-refractivity contribution in [2.75, 3.05) is 12.3 Å². The summed E-state index contributed by atoms with van der Waals surface area (Å²) in [5.41, 5.74) is 6.89. The second-order valence-corrected chi connectivity index (χ2v) is 5.39. The van der Waals surface area contributed by atoms with Crippen LogP contribution in [0.15, 0.2) is 12.1 Å². The zero-order valence-electron chi connectivity index (χ0n) is 11.1. The van der Waals surface area contributed by atoms with E-state index in [2.05, 4.69) is 5.32 Å². The van der Waals surface area contributed by atoms with Crippen molar-refractivity contribution in [3.63, 3.8) is 0 Å². The molecule has 0 bridgehead atoms. The third kappa shape index (κ3) is 4.00. The Bertz CT molecular complexity index is 496. The van der Waals surface area contributed by atoms with Gasteiger partial charge in [-0.25, -0.2) is 0 Å². The number of rotatable bonds is 4. The quantitative estimate of drug-likeness (QED) is 0.746. The van der Waals surface area contributed by atoms with Gasteiger partial charge in [0.15, 0.2) is 0 Å². The van der Waals surface area contributed by atoms with Gasteiger partial charge in [-0.1, -0.05) is 24.4 Å². The van der Waals surface area contributed by atoms with Crippen molar-refractivity contribution in [2.45, 2.75) is 37.8 Å². The molecule has 20 heavy (non-hydrogen) atoms. The largest absolute Gasteiger partial charge is 0.396 e. The first-order valence-electron chi connectivity index (χ1n) is 6.52. The molecule has 0 spiro atoms. The average Bonchev–Trinajstić information content (AvgIpc) is 2.92. The number of nitrogens with one attached hydrogen (secondary N) is 1. The molecule has 0 aromatic heterocycles. The molecule has 4 nitrogen and oxygen atoms in total. The molecule has 0 aliphatic heterocycles. The number of hydrogen-bond donors (Lipinski definition) is 3. The van der Waals surface area contributed by atoms with Gasteiger partial charge in [0.2, 0.25) is 0 Å². The second-order valence-electron chi connectivity index (χ2n) is 4.98. The molecule has 1 atom stereocenters. The predicted octanol–water partition coefficient (Wildman–Crippen LogP) is 2.78. The van der Waals surface area contributed by atoms with E-state index >= 15 is 0 Å². The fourth-order valence-electron chi connectivity index (χ4n) is 2.45. The highest BCUT2D eigenvalue weighted by Crippen LogP contribution is 2.27. The summed E-state index contributed by atoms with van der Waals surface area (Å²) in [6, 6.07) is 5.71. The predicted molar refractivity (Wildman–Crippen MR) is 83.0 cm³/mol. The topological polar surface area (TPSA) is 82.1 Å². The van der Waals surface area contributed by atoms with E-state index in [0.717, 1.165) is 0 Å². The number of hydrogen-bond acceptors (Lipinski definition) is 4. The van der Waals surface area contributed by atoms with E-state index in [1.165, 1.54) is 25.7 Å². The number of nitrogens with zero attached hydrogens (tertiary/aromatic N) is 1. The highest BCUT2D eigenvalue weighted by Gasteiger charge is 2.17. The van der Waals surface area contributed by atoms with Gasteiger partial charge >= 0.3 is 0 Å². The molecule has 1 saturated carbocycles. The molecule has 1 aliphatic carbocycles. The molecule has 6 heteroatoms. The van der Waals surface area contributed by atoms with Gasteiger partial charge in [0.25, 0.3) is 0 Å². The third-order valence-corrected chi connectivity index (χ3v) is 3.92. The van der Waals surface area contributed by atoms with Crippen LogP contribution in [0, 0.1) is 11.3 Å². The van der Waals surface area contributed by atoms with E-state index in [9.17, 15) is 5.11 Å². The lowest BCUT2D eigenvalue weighted by Gasteiger charge is -2.17. The molecule has 1 aromatic rings. The van der Waals surface area contributed by atoms with E-state index in [-0.39, 0.29) is 18.1 Å². The van der Waals surface area contributed by atoms with Crippen molar-refractivity contribution in [1.82, 2.24) is 5.32 Å². The Labute approximate surface area is 130 Å². The van der Waals surface area contributed by atoms with Crippen LogP contribution < -0.4 is 11.1 Å². The van der Waals surface area contributed by atoms with E-state index in [4.69, 9.17) is 22.6 Å². The fraction of sp³-hybridized carbons (Fsp3) is 0.500. The minimum Gasteiger partial charge on any atom is -0.396 e. The van der Waals surface area contributed by atoms with Crippen molar-refractivity contribution in [3.05, 3.63) is 28.3 Å². The van der Waals surface area contributed by atoms with Crippen LogP contribution in [0.5, 0.6) is 0 Å². The first-order valence-corrected chi connectivity index (χ1v) is 6.90. The summed E-state index contributed by atoms with van der Waals surface area (Å²) < 4.78 is 0. The van der Waals surface area contributed by atoms with Crippen molar-refractivity contribution in [2.24, 2.45) is 0 Å². The Hall–Kier alpha value is -0.990. The fourth-order valence-corrected chi connectivity index (χ4v) is 2.68. The number of anilines is 1. The maximum Gasteiger partial charge on any atom is 0.101 e. The lowest BCUT2D eigenvalue weighted by atomic mass is 10.0. The summed E-state index contributed by atoms with van der Waals surface area (Å²) in [5.74, 6) is 0. The highest BCUT2D eigenvalue weighted by atomic mass is 35.5.